The fourth-order valence-corrected chi connectivity index (χ4v) is 6.34. The summed E-state index contributed by atoms with van der Waals surface area (Å²) in [4.78, 5) is 35.0. The van der Waals surface area contributed by atoms with Gasteiger partial charge in [0.1, 0.15) is 23.7 Å². The maximum atomic E-state index is 13.9. The van der Waals surface area contributed by atoms with Gasteiger partial charge in [-0.3, -0.25) is 9.69 Å². The summed E-state index contributed by atoms with van der Waals surface area (Å²) < 4.78 is 19.3. The van der Waals surface area contributed by atoms with Gasteiger partial charge in [-0.15, -0.1) is 0 Å². The van der Waals surface area contributed by atoms with Crippen molar-refractivity contribution >= 4 is 28.5 Å². The van der Waals surface area contributed by atoms with Gasteiger partial charge in [0.2, 0.25) is 5.91 Å². The minimum atomic E-state index is -0.808. The van der Waals surface area contributed by atoms with Crippen molar-refractivity contribution in [2.45, 2.75) is 57.2 Å². The van der Waals surface area contributed by atoms with E-state index >= 15 is 0 Å². The second-order valence-electron chi connectivity index (χ2n) is 11.9. The number of amides is 3. The second-order valence-corrected chi connectivity index (χ2v) is 11.9. The van der Waals surface area contributed by atoms with E-state index < -0.39 is 6.04 Å². The molecule has 0 radical (unpaired) electrons. The maximum Gasteiger partial charge on any atom is 0.318 e. The van der Waals surface area contributed by atoms with Crippen LogP contribution in [0.25, 0.3) is 10.9 Å². The van der Waals surface area contributed by atoms with Gasteiger partial charge in [-0.25, -0.2) is 9.18 Å². The first-order valence-corrected chi connectivity index (χ1v) is 15.6. The molecule has 2 aliphatic heterocycles. The smallest absolute Gasteiger partial charge is 0.318 e. The highest BCUT2D eigenvalue weighted by molar-refractivity contribution is 5.98. The molecule has 2 fully saturated rings. The first kappa shape index (κ1) is 29.7. The number of nitrogens with zero attached hydrogens (tertiary/aromatic N) is 2. The number of para-hydroxylation sites is 1. The van der Waals surface area contributed by atoms with Gasteiger partial charge in [0.25, 0.3) is 0 Å². The van der Waals surface area contributed by atoms with E-state index in [0.717, 1.165) is 47.4 Å². The zero-order chi connectivity index (χ0) is 30.5. The average Bonchev–Trinajstić information content (AvgIpc) is 3.71. The Morgan fingerprint density at radius 3 is 2.50 bits per heavy atom. The molecule has 2 atom stereocenters. The van der Waals surface area contributed by atoms with Crippen molar-refractivity contribution in [3.05, 3.63) is 95.9 Å². The Kier molecular flexibility index (Phi) is 9.12. The molecular weight excluding hydrogens is 557 g/mol. The quantitative estimate of drug-likeness (QED) is 0.212. The molecule has 2 saturated heterocycles. The number of aromatic nitrogens is 1. The van der Waals surface area contributed by atoms with Crippen LogP contribution in [0.15, 0.2) is 79.0 Å². The Morgan fingerprint density at radius 2 is 1.73 bits per heavy atom. The standard InChI is InChI=1S/C35H40FN5O3/c1-24(31-22-37-32-10-3-2-9-30(31)32)33(34(42)38-27-8-6-7-25(21-27)23-40-17-4-5-18-40)39-35(43)41-19-15-29(16-20-41)44-28-13-11-26(36)12-14-28/h2-3,6-14,21-22,24,29,33,37H,4-5,15-20,23H2,1H3,(H,38,42)(H,39,43)/t24-,33+/m0/s1. The van der Waals surface area contributed by atoms with Gasteiger partial charge in [0, 0.05) is 61.2 Å². The van der Waals surface area contributed by atoms with Crippen molar-refractivity contribution in [2.24, 2.45) is 0 Å². The summed E-state index contributed by atoms with van der Waals surface area (Å²) >= 11 is 0. The number of H-pyrrole nitrogens is 1. The lowest BCUT2D eigenvalue weighted by atomic mass is 9.92. The Labute approximate surface area is 257 Å². The molecule has 0 bridgehead atoms. The highest BCUT2D eigenvalue weighted by Crippen LogP contribution is 2.29. The van der Waals surface area contributed by atoms with Crippen LogP contribution < -0.4 is 15.4 Å². The molecule has 0 spiro atoms. The second kappa shape index (κ2) is 13.5. The maximum absolute atomic E-state index is 13.9. The molecule has 0 saturated carbocycles. The van der Waals surface area contributed by atoms with E-state index in [0.29, 0.717) is 31.7 Å². The van der Waals surface area contributed by atoms with E-state index in [4.69, 9.17) is 4.74 Å². The summed E-state index contributed by atoms with van der Waals surface area (Å²) in [6, 6.07) is 20.9. The summed E-state index contributed by atoms with van der Waals surface area (Å²) in [5.41, 5.74) is 3.82. The van der Waals surface area contributed by atoms with E-state index in [2.05, 4.69) is 26.6 Å². The highest BCUT2D eigenvalue weighted by Gasteiger charge is 2.33. The molecule has 230 valence electrons. The number of carbonyl (C=O) groups is 2. The summed E-state index contributed by atoms with van der Waals surface area (Å²) in [5, 5.41) is 7.20. The molecule has 0 aliphatic carbocycles. The molecule has 6 rings (SSSR count). The summed E-state index contributed by atoms with van der Waals surface area (Å²) in [6.07, 6.45) is 5.59. The van der Waals surface area contributed by atoms with Crippen LogP contribution in [0, 0.1) is 5.82 Å². The molecule has 4 aromatic rings. The first-order valence-electron chi connectivity index (χ1n) is 15.6. The molecule has 3 aromatic carbocycles. The molecular formula is C35H40FN5O3. The molecule has 3 heterocycles. The van der Waals surface area contributed by atoms with Crippen LogP contribution in [0.2, 0.25) is 0 Å². The molecule has 3 amide bonds. The fourth-order valence-electron chi connectivity index (χ4n) is 6.34. The minimum Gasteiger partial charge on any atom is -0.490 e. The zero-order valence-corrected chi connectivity index (χ0v) is 25.1. The van der Waals surface area contributed by atoms with Crippen LogP contribution in [-0.4, -0.2) is 65.0 Å². The van der Waals surface area contributed by atoms with Crippen molar-refractivity contribution in [3.8, 4) is 5.75 Å². The fraction of sp³-hybridized carbons (Fsp3) is 0.371. The van der Waals surface area contributed by atoms with Gasteiger partial charge >= 0.3 is 6.03 Å². The predicted octanol–water partition coefficient (Wildman–Crippen LogP) is 6.27. The first-order chi connectivity index (χ1) is 21.4. The molecule has 9 heteroatoms. The number of fused-ring (bicyclic) bond motifs is 1. The van der Waals surface area contributed by atoms with E-state index in [1.165, 1.54) is 25.0 Å². The van der Waals surface area contributed by atoms with Gasteiger partial charge in [-0.05, 0) is 79.5 Å². The number of carbonyl (C=O) groups excluding carboxylic acids is 2. The van der Waals surface area contributed by atoms with E-state index in [-0.39, 0.29) is 29.8 Å². The van der Waals surface area contributed by atoms with Crippen molar-refractivity contribution in [2.75, 3.05) is 31.5 Å². The Hall–Kier alpha value is -4.37. The summed E-state index contributed by atoms with van der Waals surface area (Å²) in [7, 11) is 0. The third-order valence-corrected chi connectivity index (χ3v) is 8.82. The Bertz CT molecular complexity index is 1570. The predicted molar refractivity (Wildman–Crippen MR) is 170 cm³/mol. The monoisotopic (exact) mass is 597 g/mol. The lowest BCUT2D eigenvalue weighted by molar-refractivity contribution is -0.118. The average molecular weight is 598 g/mol. The number of piperidine rings is 1. The lowest BCUT2D eigenvalue weighted by Gasteiger charge is -2.34. The third-order valence-electron chi connectivity index (χ3n) is 8.82. The number of likely N-dealkylation sites (tertiary alicyclic amines) is 2. The van der Waals surface area contributed by atoms with Crippen LogP contribution in [-0.2, 0) is 11.3 Å². The molecule has 0 unspecified atom stereocenters. The Balaban J connectivity index is 1.15. The van der Waals surface area contributed by atoms with Crippen LogP contribution in [0.1, 0.15) is 49.7 Å². The highest BCUT2D eigenvalue weighted by atomic mass is 19.1. The van der Waals surface area contributed by atoms with Gasteiger partial charge in [0.05, 0.1) is 0 Å². The van der Waals surface area contributed by atoms with Crippen molar-refractivity contribution in [1.29, 1.82) is 0 Å². The van der Waals surface area contributed by atoms with Crippen LogP contribution >= 0.6 is 0 Å². The van der Waals surface area contributed by atoms with Crippen LogP contribution in [0.3, 0.4) is 0 Å². The van der Waals surface area contributed by atoms with E-state index in [1.54, 1.807) is 17.0 Å². The minimum absolute atomic E-state index is 0.0680. The zero-order valence-electron chi connectivity index (χ0n) is 25.1. The van der Waals surface area contributed by atoms with E-state index in [1.807, 2.05) is 55.6 Å². The van der Waals surface area contributed by atoms with Crippen molar-refractivity contribution < 1.29 is 18.7 Å². The number of nitrogens with one attached hydrogen (secondary N) is 3. The summed E-state index contributed by atoms with van der Waals surface area (Å²) in [6.45, 7) is 6.02. The number of hydrogen-bond donors (Lipinski definition) is 3. The third kappa shape index (κ3) is 7.05. The number of halogens is 1. The number of ether oxygens (including phenoxy) is 1. The van der Waals surface area contributed by atoms with Crippen molar-refractivity contribution in [1.82, 2.24) is 20.1 Å². The molecule has 8 nitrogen and oxygen atoms in total. The number of rotatable bonds is 9. The normalized spacial score (nSPS) is 17.4. The van der Waals surface area contributed by atoms with Crippen LogP contribution in [0.4, 0.5) is 14.9 Å². The molecule has 2 aliphatic rings. The lowest BCUT2D eigenvalue weighted by Crippen LogP contribution is -2.53. The number of hydrogen-bond acceptors (Lipinski definition) is 4. The van der Waals surface area contributed by atoms with Gasteiger partial charge in [-0.1, -0.05) is 37.3 Å². The molecule has 1 aromatic heterocycles. The van der Waals surface area contributed by atoms with Gasteiger partial charge in [-0.2, -0.15) is 0 Å². The number of urea groups is 1. The van der Waals surface area contributed by atoms with Crippen molar-refractivity contribution in [3.63, 3.8) is 0 Å². The summed E-state index contributed by atoms with van der Waals surface area (Å²) in [5.74, 6) is -0.256. The number of anilines is 1. The SMILES string of the molecule is C[C@@H](c1c[nH]c2ccccc12)[C@@H](NC(=O)N1CCC(Oc2ccc(F)cc2)CC1)C(=O)Nc1cccc(CN2CCCC2)c1. The Morgan fingerprint density at radius 1 is 0.977 bits per heavy atom. The number of aromatic amines is 1. The number of benzene rings is 3. The van der Waals surface area contributed by atoms with Gasteiger partial charge < -0.3 is 25.3 Å². The largest absolute Gasteiger partial charge is 0.490 e. The van der Waals surface area contributed by atoms with E-state index in [9.17, 15) is 14.0 Å². The molecule has 3 N–H and O–H groups in total. The topological polar surface area (TPSA) is 89.7 Å². The van der Waals surface area contributed by atoms with Crippen LogP contribution in [0.5, 0.6) is 5.75 Å². The molecule has 44 heavy (non-hydrogen) atoms. The van der Waals surface area contributed by atoms with Gasteiger partial charge in [0.15, 0.2) is 0 Å².